The van der Waals surface area contributed by atoms with Crippen molar-refractivity contribution in [2.24, 2.45) is 0 Å². The van der Waals surface area contributed by atoms with Crippen LogP contribution in [0.4, 0.5) is 42.9 Å². The summed E-state index contributed by atoms with van der Waals surface area (Å²) in [5.74, 6) is -0.625. The van der Waals surface area contributed by atoms with Crippen molar-refractivity contribution < 1.29 is 8.78 Å². The Morgan fingerprint density at radius 1 is 0.328 bits per heavy atom. The molecule has 2 nitrogen and oxygen atoms in total. The van der Waals surface area contributed by atoms with Gasteiger partial charge < -0.3 is 9.80 Å². The minimum absolute atomic E-state index is 0.308. The molecule has 0 bridgehead atoms. The lowest BCUT2D eigenvalue weighted by molar-refractivity contribution is 0.628. The average molecular weight is 883 g/mol. The van der Waals surface area contributed by atoms with Crippen LogP contribution in [0, 0.1) is 11.6 Å². The van der Waals surface area contributed by atoms with E-state index < -0.39 is 0 Å². The molecule has 0 fully saturated rings. The summed E-state index contributed by atoms with van der Waals surface area (Å²) in [6, 6.07) is 81.1. The molecule has 67 heavy (non-hydrogen) atoms. The van der Waals surface area contributed by atoms with Crippen molar-refractivity contribution in [1.82, 2.24) is 0 Å². The minimum Gasteiger partial charge on any atom is -0.310 e. The Hall–Kier alpha value is -8.25. The van der Waals surface area contributed by atoms with Crippen LogP contribution in [0.5, 0.6) is 0 Å². The zero-order valence-electron chi connectivity index (χ0n) is 36.2. The van der Waals surface area contributed by atoms with E-state index in [4.69, 9.17) is 0 Å². The molecular weight excluding hydrogens is 843 g/mol. The third-order valence-corrected chi connectivity index (χ3v) is 13.8. The van der Waals surface area contributed by atoms with E-state index in [1.54, 1.807) is 30.0 Å². The van der Waals surface area contributed by atoms with Gasteiger partial charge in [0.05, 0.1) is 11.4 Å². The Balaban J connectivity index is 1.00. The van der Waals surface area contributed by atoms with E-state index in [1.807, 2.05) is 127 Å². The highest BCUT2D eigenvalue weighted by atomic mass is 32.2. The van der Waals surface area contributed by atoms with Crippen molar-refractivity contribution >= 4 is 67.4 Å². The molecule has 1 aliphatic rings. The predicted molar refractivity (Wildman–Crippen MR) is 277 cm³/mol. The molecule has 0 aliphatic carbocycles. The second-order valence-corrected chi connectivity index (χ2v) is 17.8. The number of hydrogen-bond acceptors (Lipinski definition) is 3. The van der Waals surface area contributed by atoms with Crippen molar-refractivity contribution in [1.29, 1.82) is 0 Å². The van der Waals surface area contributed by atoms with Crippen LogP contribution >= 0.6 is 11.8 Å². The van der Waals surface area contributed by atoms with Crippen LogP contribution in [0.3, 0.4) is 0 Å². The van der Waals surface area contributed by atoms with Crippen molar-refractivity contribution in [3.05, 3.63) is 254 Å². The summed E-state index contributed by atoms with van der Waals surface area (Å²) >= 11 is 1.72. The van der Waals surface area contributed by atoms with Gasteiger partial charge in [-0.05, 0) is 129 Å². The Morgan fingerprint density at radius 2 is 0.955 bits per heavy atom. The van der Waals surface area contributed by atoms with Gasteiger partial charge in [-0.3, -0.25) is 0 Å². The van der Waals surface area contributed by atoms with Gasteiger partial charge in [0.25, 0.3) is 0 Å². The Morgan fingerprint density at radius 3 is 1.72 bits per heavy atom. The van der Waals surface area contributed by atoms with Gasteiger partial charge in [0.2, 0.25) is 0 Å². The lowest BCUT2D eigenvalue weighted by atomic mass is 9.93. The number of anilines is 6. The Kier molecular flexibility index (Phi) is 10.2. The van der Waals surface area contributed by atoms with Gasteiger partial charge in [-0.15, -0.1) is 0 Å². The molecule has 0 N–H and O–H groups in total. The molecule has 1 heterocycles. The van der Waals surface area contributed by atoms with Crippen LogP contribution in [-0.4, -0.2) is 0 Å². The summed E-state index contributed by atoms with van der Waals surface area (Å²) in [7, 11) is 0. The second kappa shape index (κ2) is 17.0. The molecule has 0 radical (unpaired) electrons. The zero-order valence-corrected chi connectivity index (χ0v) is 37.0. The molecule has 0 unspecified atom stereocenters. The molecule has 0 spiro atoms. The molecule has 318 valence electrons. The van der Waals surface area contributed by atoms with Crippen molar-refractivity contribution in [2.75, 3.05) is 9.80 Å². The molecule has 0 saturated heterocycles. The van der Waals surface area contributed by atoms with Crippen LogP contribution in [0.1, 0.15) is 0 Å². The molecule has 0 aromatic heterocycles. The van der Waals surface area contributed by atoms with Crippen LogP contribution in [-0.2, 0) is 0 Å². The van der Waals surface area contributed by atoms with Crippen LogP contribution in [0.25, 0.3) is 66.1 Å². The fourth-order valence-electron chi connectivity index (χ4n) is 9.73. The summed E-state index contributed by atoms with van der Waals surface area (Å²) in [5.41, 5.74) is 12.2. The molecular formula is C62H40F2N2S. The first-order valence-corrected chi connectivity index (χ1v) is 23.2. The second-order valence-electron chi connectivity index (χ2n) is 16.7. The topological polar surface area (TPSA) is 6.48 Å². The summed E-state index contributed by atoms with van der Waals surface area (Å²) < 4.78 is 33.3. The maximum atomic E-state index is 17.4. The van der Waals surface area contributed by atoms with E-state index in [0.29, 0.717) is 5.69 Å². The van der Waals surface area contributed by atoms with Gasteiger partial charge in [0.1, 0.15) is 11.6 Å². The number of rotatable bonds is 9. The van der Waals surface area contributed by atoms with Gasteiger partial charge in [-0.2, -0.15) is 0 Å². The number of fused-ring (bicyclic) bond motifs is 3. The predicted octanol–water partition coefficient (Wildman–Crippen LogP) is 18.3. The van der Waals surface area contributed by atoms with Crippen LogP contribution in [0.2, 0.25) is 0 Å². The van der Waals surface area contributed by atoms with Gasteiger partial charge >= 0.3 is 0 Å². The lowest BCUT2D eigenvalue weighted by Crippen LogP contribution is -2.14. The number of hydrogen-bond donors (Lipinski definition) is 0. The highest BCUT2D eigenvalue weighted by molar-refractivity contribution is 7.99. The largest absolute Gasteiger partial charge is 0.310 e. The third kappa shape index (κ3) is 7.31. The number of nitrogens with zero attached hydrogens (tertiary/aromatic N) is 2. The first kappa shape index (κ1) is 40.3. The fourth-order valence-corrected chi connectivity index (χ4v) is 10.9. The molecule has 0 atom stereocenters. The van der Waals surface area contributed by atoms with E-state index in [2.05, 4.69) is 107 Å². The molecule has 0 amide bonds. The molecule has 0 saturated carbocycles. The van der Waals surface area contributed by atoms with Crippen LogP contribution < -0.4 is 9.80 Å². The van der Waals surface area contributed by atoms with Gasteiger partial charge in [-0.25, -0.2) is 8.78 Å². The summed E-state index contributed by atoms with van der Waals surface area (Å²) in [6.07, 6.45) is 0. The monoisotopic (exact) mass is 882 g/mol. The molecule has 11 aromatic carbocycles. The Labute approximate surface area is 392 Å². The molecule has 5 heteroatoms. The minimum atomic E-state index is -0.317. The summed E-state index contributed by atoms with van der Waals surface area (Å²) in [6.45, 7) is 0. The van der Waals surface area contributed by atoms with Crippen molar-refractivity contribution in [2.45, 2.75) is 9.79 Å². The van der Waals surface area contributed by atoms with Gasteiger partial charge in [0.15, 0.2) is 0 Å². The number of benzene rings is 11. The Bertz CT molecular complexity index is 3630. The average Bonchev–Trinajstić information content (AvgIpc) is 3.38. The normalized spacial score (nSPS) is 11.7. The summed E-state index contributed by atoms with van der Waals surface area (Å²) in [5, 5.41) is 4.30. The highest BCUT2D eigenvalue weighted by Crippen LogP contribution is 2.54. The quantitative estimate of drug-likeness (QED) is 0.143. The van der Waals surface area contributed by atoms with Gasteiger partial charge in [0, 0.05) is 48.9 Å². The van der Waals surface area contributed by atoms with E-state index in [9.17, 15) is 0 Å². The first-order valence-electron chi connectivity index (χ1n) is 22.4. The maximum absolute atomic E-state index is 17.4. The van der Waals surface area contributed by atoms with Gasteiger partial charge in [-0.1, -0.05) is 176 Å². The molecule has 12 rings (SSSR count). The van der Waals surface area contributed by atoms with E-state index in [1.165, 1.54) is 0 Å². The summed E-state index contributed by atoms with van der Waals surface area (Å²) in [4.78, 5) is 6.41. The van der Waals surface area contributed by atoms with E-state index in [0.717, 1.165) is 104 Å². The molecule has 11 aromatic rings. The standard InChI is InChI=1S/C62H40F2N2S/c63-46-35-45(52-28-15-22-42-21-13-14-27-51(42)52)36-50(39-46)65(47-23-9-3-10-24-47)49-31-32-53-54-33-34-58(55-29-16-30-59(61(54)55)67-60(53)40-49)66(48-25-11-4-12-26-48)62-56(43-19-7-2-8-20-43)37-44(38-57(62)64)41-17-5-1-6-18-41/h1-40H. The maximum Gasteiger partial charge on any atom is 0.148 e. The van der Waals surface area contributed by atoms with Crippen molar-refractivity contribution in [3.8, 4) is 44.5 Å². The molecule has 1 aliphatic heterocycles. The smallest absolute Gasteiger partial charge is 0.148 e. The highest BCUT2D eigenvalue weighted by Gasteiger charge is 2.28. The number of para-hydroxylation sites is 2. The third-order valence-electron chi connectivity index (χ3n) is 12.7. The van der Waals surface area contributed by atoms with E-state index in [-0.39, 0.29) is 11.6 Å². The fraction of sp³-hybridized carbons (Fsp3) is 0. The zero-order chi connectivity index (χ0) is 44.8. The van der Waals surface area contributed by atoms with Crippen LogP contribution in [0.15, 0.2) is 252 Å². The SMILES string of the molecule is Fc1cc(-c2cccc3ccccc23)cc(N(c2ccccc2)c2ccc3c(c2)Sc2cccc4c(N(c5ccccc5)c5c(F)cc(-c6ccccc6)cc5-c5ccccc5)ccc-3c24)c1. The lowest BCUT2D eigenvalue weighted by Gasteiger charge is -2.31. The first-order chi connectivity index (χ1) is 33.1. The number of halogens is 2. The van der Waals surface area contributed by atoms with Crippen molar-refractivity contribution in [3.63, 3.8) is 0 Å². The van der Waals surface area contributed by atoms with E-state index >= 15 is 8.78 Å².